The van der Waals surface area contributed by atoms with Crippen molar-refractivity contribution in [1.82, 2.24) is 4.98 Å². The molecule has 0 aliphatic heterocycles. The molecule has 1 heterocycles. The van der Waals surface area contributed by atoms with E-state index in [9.17, 15) is 9.18 Å². The number of aryl methyl sites for hydroxylation is 1. The number of nitrogens with zero attached hydrogens (tertiary/aromatic N) is 1. The molecule has 0 saturated heterocycles. The predicted octanol–water partition coefficient (Wildman–Crippen LogP) is 4.09. The molecule has 0 bridgehead atoms. The third kappa shape index (κ3) is 3.22. The van der Waals surface area contributed by atoms with Crippen LogP contribution in [0.5, 0.6) is 0 Å². The molecule has 1 aromatic heterocycles. The van der Waals surface area contributed by atoms with Gasteiger partial charge in [0.05, 0.1) is 11.8 Å². The molecule has 3 nitrogen and oxygen atoms in total. The Morgan fingerprint density at radius 3 is 2.74 bits per heavy atom. The van der Waals surface area contributed by atoms with Gasteiger partial charge in [-0.15, -0.1) is 0 Å². The highest BCUT2D eigenvalue weighted by atomic mass is 35.5. The Kier molecular flexibility index (Phi) is 4.02. The highest BCUT2D eigenvalue weighted by Gasteiger charge is 2.13. The van der Waals surface area contributed by atoms with Gasteiger partial charge in [0, 0.05) is 10.7 Å². The van der Waals surface area contributed by atoms with E-state index in [0.29, 0.717) is 10.7 Å². The zero-order chi connectivity index (χ0) is 14.0. The van der Waals surface area contributed by atoms with Gasteiger partial charge >= 0.3 is 0 Å². The normalized spacial score (nSPS) is 10.3. The quantitative estimate of drug-likeness (QED) is 0.849. The maximum absolute atomic E-state index is 13.0. The van der Waals surface area contributed by atoms with Gasteiger partial charge in [-0.25, -0.2) is 9.37 Å². The number of nitrogens with one attached hydrogen (secondary N) is 1. The zero-order valence-electron chi connectivity index (χ0n) is 9.88. The molecule has 2 aromatic rings. The van der Waals surface area contributed by atoms with Gasteiger partial charge in [-0.05, 0) is 30.7 Å². The lowest BCUT2D eigenvalue weighted by Gasteiger charge is -2.07. The monoisotopic (exact) mass is 298 g/mol. The molecule has 1 N–H and O–H groups in total. The number of rotatable bonds is 2. The van der Waals surface area contributed by atoms with Crippen molar-refractivity contribution in [3.8, 4) is 0 Å². The van der Waals surface area contributed by atoms with Gasteiger partial charge in [0.25, 0.3) is 5.91 Å². The number of hydrogen-bond donors (Lipinski definition) is 1. The minimum Gasteiger partial charge on any atom is -0.322 e. The third-order valence-corrected chi connectivity index (χ3v) is 3.19. The van der Waals surface area contributed by atoms with Crippen LogP contribution in [-0.4, -0.2) is 10.9 Å². The topological polar surface area (TPSA) is 42.0 Å². The van der Waals surface area contributed by atoms with E-state index in [4.69, 9.17) is 23.2 Å². The summed E-state index contributed by atoms with van der Waals surface area (Å²) in [5, 5.41) is 3.05. The van der Waals surface area contributed by atoms with Crippen LogP contribution in [0, 0.1) is 12.7 Å². The largest absolute Gasteiger partial charge is 0.322 e. The first-order chi connectivity index (χ1) is 8.97. The van der Waals surface area contributed by atoms with E-state index < -0.39 is 11.7 Å². The van der Waals surface area contributed by atoms with E-state index in [-0.39, 0.29) is 10.7 Å². The molecule has 1 aromatic carbocycles. The van der Waals surface area contributed by atoms with Crippen molar-refractivity contribution in [3.05, 3.63) is 57.6 Å². The second-order valence-corrected chi connectivity index (χ2v) is 4.68. The molecule has 2 rings (SSSR count). The molecule has 6 heteroatoms. The van der Waals surface area contributed by atoms with Gasteiger partial charge in [-0.3, -0.25) is 4.79 Å². The van der Waals surface area contributed by atoms with Crippen LogP contribution >= 0.6 is 23.2 Å². The molecule has 0 aliphatic rings. The second kappa shape index (κ2) is 5.55. The van der Waals surface area contributed by atoms with Crippen molar-refractivity contribution in [2.75, 3.05) is 5.32 Å². The molecule has 0 aliphatic carbocycles. The Bertz CT molecular complexity index is 647. The average molecular weight is 299 g/mol. The van der Waals surface area contributed by atoms with Crippen LogP contribution in [0.25, 0.3) is 0 Å². The molecular formula is C13H9Cl2FN2O. The number of carbonyl (C=O) groups is 1. The molecule has 0 saturated carbocycles. The summed E-state index contributed by atoms with van der Waals surface area (Å²) in [5.74, 6) is -1.17. The summed E-state index contributed by atoms with van der Waals surface area (Å²) in [6.45, 7) is 1.85. The van der Waals surface area contributed by atoms with E-state index in [0.717, 1.165) is 17.8 Å². The predicted molar refractivity (Wildman–Crippen MR) is 73.3 cm³/mol. The first-order valence-electron chi connectivity index (χ1n) is 5.36. The fourth-order valence-electron chi connectivity index (χ4n) is 1.45. The van der Waals surface area contributed by atoms with Crippen LogP contribution in [-0.2, 0) is 0 Å². The number of pyridine rings is 1. The lowest BCUT2D eigenvalue weighted by Crippen LogP contribution is -2.13. The number of anilines is 1. The lowest BCUT2D eigenvalue weighted by molar-refractivity contribution is 0.102. The standard InChI is InChI=1S/C13H9Cl2FN2O/c1-7-2-3-9(5-11(7)14)18-13(19)10-4-8(16)6-17-12(10)15/h2-6H,1H3,(H,18,19). The lowest BCUT2D eigenvalue weighted by atomic mass is 10.2. The van der Waals surface area contributed by atoms with Crippen molar-refractivity contribution in [2.24, 2.45) is 0 Å². The van der Waals surface area contributed by atoms with Crippen LogP contribution in [0.2, 0.25) is 10.2 Å². The fraction of sp³-hybridized carbons (Fsp3) is 0.0769. The Morgan fingerprint density at radius 1 is 1.32 bits per heavy atom. The van der Waals surface area contributed by atoms with Crippen LogP contribution in [0.15, 0.2) is 30.5 Å². The molecule has 98 valence electrons. The first kappa shape index (κ1) is 13.8. The molecule has 0 spiro atoms. The van der Waals surface area contributed by atoms with Crippen molar-refractivity contribution in [2.45, 2.75) is 6.92 Å². The number of carbonyl (C=O) groups excluding carboxylic acids is 1. The number of amides is 1. The fourth-order valence-corrected chi connectivity index (χ4v) is 1.82. The van der Waals surface area contributed by atoms with Crippen LogP contribution in [0.3, 0.4) is 0 Å². The minimum atomic E-state index is -0.628. The zero-order valence-corrected chi connectivity index (χ0v) is 11.4. The maximum Gasteiger partial charge on any atom is 0.258 e. The third-order valence-electron chi connectivity index (χ3n) is 2.48. The van der Waals surface area contributed by atoms with Gasteiger partial charge in [0.1, 0.15) is 11.0 Å². The van der Waals surface area contributed by atoms with Crippen molar-refractivity contribution in [3.63, 3.8) is 0 Å². The molecule has 0 atom stereocenters. The summed E-state index contributed by atoms with van der Waals surface area (Å²) in [6, 6.07) is 6.10. The summed E-state index contributed by atoms with van der Waals surface area (Å²) >= 11 is 11.7. The maximum atomic E-state index is 13.0. The van der Waals surface area contributed by atoms with Crippen molar-refractivity contribution in [1.29, 1.82) is 0 Å². The van der Waals surface area contributed by atoms with E-state index in [2.05, 4.69) is 10.3 Å². The summed E-state index contributed by atoms with van der Waals surface area (Å²) in [5.41, 5.74) is 1.37. The van der Waals surface area contributed by atoms with E-state index in [1.807, 2.05) is 6.92 Å². The summed E-state index contributed by atoms with van der Waals surface area (Å²) < 4.78 is 13.0. The molecule has 0 unspecified atom stereocenters. The van der Waals surface area contributed by atoms with Crippen LogP contribution in [0.1, 0.15) is 15.9 Å². The Balaban J connectivity index is 2.25. The Hall–Kier alpha value is -1.65. The molecular weight excluding hydrogens is 290 g/mol. The smallest absolute Gasteiger partial charge is 0.258 e. The number of hydrogen-bond acceptors (Lipinski definition) is 2. The van der Waals surface area contributed by atoms with E-state index >= 15 is 0 Å². The Labute approximate surface area is 119 Å². The van der Waals surface area contributed by atoms with Gasteiger partial charge in [0.2, 0.25) is 0 Å². The highest BCUT2D eigenvalue weighted by molar-refractivity contribution is 6.33. The second-order valence-electron chi connectivity index (χ2n) is 3.91. The van der Waals surface area contributed by atoms with Gasteiger partial charge < -0.3 is 5.32 Å². The molecule has 0 fully saturated rings. The van der Waals surface area contributed by atoms with Gasteiger partial charge in [-0.1, -0.05) is 29.3 Å². The summed E-state index contributed by atoms with van der Waals surface area (Å²) in [7, 11) is 0. The summed E-state index contributed by atoms with van der Waals surface area (Å²) in [6.07, 6.45) is 0.946. The van der Waals surface area contributed by atoms with Gasteiger partial charge in [-0.2, -0.15) is 0 Å². The van der Waals surface area contributed by atoms with Crippen molar-refractivity contribution >= 4 is 34.8 Å². The van der Waals surface area contributed by atoms with E-state index in [1.54, 1.807) is 18.2 Å². The first-order valence-corrected chi connectivity index (χ1v) is 6.11. The Morgan fingerprint density at radius 2 is 2.05 bits per heavy atom. The van der Waals surface area contributed by atoms with Crippen LogP contribution in [0.4, 0.5) is 10.1 Å². The van der Waals surface area contributed by atoms with Gasteiger partial charge in [0.15, 0.2) is 0 Å². The molecule has 1 amide bonds. The minimum absolute atomic E-state index is 0.0293. The highest BCUT2D eigenvalue weighted by Crippen LogP contribution is 2.21. The molecule has 0 radical (unpaired) electrons. The number of benzene rings is 1. The van der Waals surface area contributed by atoms with Crippen molar-refractivity contribution < 1.29 is 9.18 Å². The van der Waals surface area contributed by atoms with E-state index in [1.165, 1.54) is 0 Å². The van der Waals surface area contributed by atoms with Crippen LogP contribution < -0.4 is 5.32 Å². The number of aromatic nitrogens is 1. The molecule has 19 heavy (non-hydrogen) atoms. The summed E-state index contributed by atoms with van der Waals surface area (Å²) in [4.78, 5) is 15.5. The average Bonchev–Trinajstić information content (AvgIpc) is 2.36. The number of halogens is 3. The SMILES string of the molecule is Cc1ccc(NC(=O)c2cc(F)cnc2Cl)cc1Cl.